The average molecular weight is 485 g/mol. The van der Waals surface area contributed by atoms with E-state index in [0.29, 0.717) is 47.3 Å². The van der Waals surface area contributed by atoms with Crippen LogP contribution in [0.5, 0.6) is 0 Å². The molecular weight excluding hydrogens is 459 g/mol. The second-order valence-electron chi connectivity index (χ2n) is 8.29. The number of halogens is 2. The number of hydrogen-bond donors (Lipinski definition) is 1. The summed E-state index contributed by atoms with van der Waals surface area (Å²) in [7, 11) is 0. The Balaban J connectivity index is 1.70. The fourth-order valence-corrected chi connectivity index (χ4v) is 3.95. The Kier molecular flexibility index (Phi) is 7.29. The van der Waals surface area contributed by atoms with Gasteiger partial charge in [-0.3, -0.25) is 4.90 Å². The molecule has 0 fully saturated rings. The van der Waals surface area contributed by atoms with Gasteiger partial charge >= 0.3 is 6.03 Å². The molecule has 2 heterocycles. The van der Waals surface area contributed by atoms with Gasteiger partial charge in [0.2, 0.25) is 5.82 Å². The molecule has 1 aromatic heterocycles. The molecule has 0 saturated heterocycles. The zero-order chi connectivity index (χ0) is 24.2. The molecule has 0 spiro atoms. The van der Waals surface area contributed by atoms with Crippen molar-refractivity contribution >= 4 is 23.2 Å². The monoisotopic (exact) mass is 484 g/mol. The van der Waals surface area contributed by atoms with Crippen LogP contribution in [0.1, 0.15) is 44.7 Å². The van der Waals surface area contributed by atoms with Gasteiger partial charge in [0, 0.05) is 29.4 Å². The number of ether oxygens (including phenoxy) is 1. The lowest BCUT2D eigenvalue weighted by Crippen LogP contribution is -2.46. The second-order valence-corrected chi connectivity index (χ2v) is 8.72. The van der Waals surface area contributed by atoms with Gasteiger partial charge in [0.25, 0.3) is 5.89 Å². The van der Waals surface area contributed by atoms with Crippen molar-refractivity contribution in [2.45, 2.75) is 39.3 Å². The van der Waals surface area contributed by atoms with Gasteiger partial charge < -0.3 is 14.6 Å². The highest BCUT2D eigenvalue weighted by atomic mass is 35.5. The van der Waals surface area contributed by atoms with Crippen molar-refractivity contribution in [3.05, 3.63) is 76.5 Å². The lowest BCUT2D eigenvalue weighted by molar-refractivity contribution is 0.0736. The number of carbonyl (C=O) groups is 1. The van der Waals surface area contributed by atoms with Crippen LogP contribution in [0.2, 0.25) is 5.02 Å². The highest BCUT2D eigenvalue weighted by Crippen LogP contribution is 2.37. The van der Waals surface area contributed by atoms with Crippen LogP contribution in [0.3, 0.4) is 0 Å². The van der Waals surface area contributed by atoms with Crippen LogP contribution in [-0.4, -0.2) is 40.3 Å². The highest BCUT2D eigenvalue weighted by molar-refractivity contribution is 6.30. The molecule has 1 aliphatic rings. The van der Waals surface area contributed by atoms with E-state index >= 15 is 0 Å². The van der Waals surface area contributed by atoms with Crippen LogP contribution in [-0.2, 0) is 4.74 Å². The average Bonchev–Trinajstić information content (AvgIpc) is 3.28. The fraction of sp³-hybridized carbons (Fsp3) is 0.320. The van der Waals surface area contributed by atoms with Gasteiger partial charge in [-0.05, 0) is 69.2 Å². The van der Waals surface area contributed by atoms with E-state index < -0.39 is 6.04 Å². The Morgan fingerprint density at radius 2 is 1.88 bits per heavy atom. The Labute approximate surface area is 202 Å². The van der Waals surface area contributed by atoms with Gasteiger partial charge in [0.1, 0.15) is 5.82 Å². The van der Waals surface area contributed by atoms with Gasteiger partial charge in [0.15, 0.2) is 0 Å². The van der Waals surface area contributed by atoms with E-state index in [2.05, 4.69) is 15.5 Å². The molecule has 0 radical (unpaired) electrons. The summed E-state index contributed by atoms with van der Waals surface area (Å²) in [5.74, 6) is 0.321. The predicted molar refractivity (Wildman–Crippen MR) is 127 cm³/mol. The quantitative estimate of drug-likeness (QED) is 0.406. The molecule has 9 heteroatoms. The zero-order valence-electron chi connectivity index (χ0n) is 19.2. The zero-order valence-corrected chi connectivity index (χ0v) is 20.0. The van der Waals surface area contributed by atoms with E-state index in [4.69, 9.17) is 20.9 Å². The molecule has 1 unspecified atom stereocenters. The van der Waals surface area contributed by atoms with Gasteiger partial charge in [-0.25, -0.2) is 9.18 Å². The van der Waals surface area contributed by atoms with Crippen molar-refractivity contribution in [1.29, 1.82) is 0 Å². The van der Waals surface area contributed by atoms with Crippen molar-refractivity contribution in [3.8, 4) is 11.4 Å². The Morgan fingerprint density at radius 3 is 2.56 bits per heavy atom. The summed E-state index contributed by atoms with van der Waals surface area (Å²) >= 11 is 5.99. The summed E-state index contributed by atoms with van der Waals surface area (Å²) in [6.07, 6.45) is 0.784. The summed E-state index contributed by atoms with van der Waals surface area (Å²) in [6.45, 7) is 6.78. The van der Waals surface area contributed by atoms with E-state index in [1.54, 1.807) is 41.3 Å². The van der Waals surface area contributed by atoms with Crippen LogP contribution in [0.25, 0.3) is 17.0 Å². The van der Waals surface area contributed by atoms with Gasteiger partial charge in [-0.15, -0.1) is 0 Å². The molecule has 4 rings (SSSR count). The van der Waals surface area contributed by atoms with Crippen LogP contribution < -0.4 is 5.32 Å². The summed E-state index contributed by atoms with van der Waals surface area (Å²) in [4.78, 5) is 19.3. The molecule has 7 nitrogen and oxygen atoms in total. The molecule has 3 aromatic rings. The normalized spacial score (nSPS) is 16.4. The van der Waals surface area contributed by atoms with Gasteiger partial charge in [-0.1, -0.05) is 28.9 Å². The molecule has 0 aliphatic carbocycles. The topological polar surface area (TPSA) is 80.5 Å². The number of rotatable bonds is 8. The molecule has 34 heavy (non-hydrogen) atoms. The molecule has 2 amide bonds. The number of amides is 2. The molecule has 178 valence electrons. The van der Waals surface area contributed by atoms with E-state index in [0.717, 1.165) is 5.56 Å². The largest absolute Gasteiger partial charge is 0.379 e. The van der Waals surface area contributed by atoms with E-state index in [9.17, 15) is 9.18 Å². The first kappa shape index (κ1) is 23.9. The van der Waals surface area contributed by atoms with Crippen molar-refractivity contribution in [1.82, 2.24) is 20.4 Å². The first-order valence-electron chi connectivity index (χ1n) is 11.1. The number of urea groups is 1. The van der Waals surface area contributed by atoms with Crippen molar-refractivity contribution < 1.29 is 18.4 Å². The van der Waals surface area contributed by atoms with Crippen molar-refractivity contribution in [2.24, 2.45) is 0 Å². The third-order valence-electron chi connectivity index (χ3n) is 5.54. The number of benzene rings is 2. The van der Waals surface area contributed by atoms with Crippen LogP contribution in [0.15, 0.2) is 58.8 Å². The number of aromatic nitrogens is 2. The number of nitrogens with zero attached hydrogens (tertiary/aromatic N) is 3. The Bertz CT molecular complexity index is 1180. The molecule has 1 aliphatic heterocycles. The second kappa shape index (κ2) is 10.4. The first-order valence-corrected chi connectivity index (χ1v) is 11.5. The maximum atomic E-state index is 13.6. The van der Waals surface area contributed by atoms with Crippen molar-refractivity contribution in [3.63, 3.8) is 0 Å². The van der Waals surface area contributed by atoms with E-state index in [-0.39, 0.29) is 23.8 Å². The third-order valence-corrected chi connectivity index (χ3v) is 5.79. The summed E-state index contributed by atoms with van der Waals surface area (Å²) in [5, 5.41) is 7.75. The predicted octanol–water partition coefficient (Wildman–Crippen LogP) is 5.84. The van der Waals surface area contributed by atoms with Gasteiger partial charge in [0.05, 0.1) is 17.7 Å². The van der Waals surface area contributed by atoms with Crippen LogP contribution >= 0.6 is 11.6 Å². The number of nitrogens with one attached hydrogen (secondary N) is 1. The molecule has 1 atom stereocenters. The highest BCUT2D eigenvalue weighted by Gasteiger charge is 2.35. The van der Waals surface area contributed by atoms with Crippen LogP contribution in [0.4, 0.5) is 9.18 Å². The minimum Gasteiger partial charge on any atom is -0.379 e. The summed E-state index contributed by atoms with van der Waals surface area (Å²) in [6, 6.07) is 12.3. The standard InChI is InChI=1S/C25H26ClFN4O3/c1-15(2)33-14-4-13-31-16(3)21(22(28-25(31)32)17-7-11-20(27)12-8-17)24-29-23(30-34-24)18-5-9-19(26)10-6-18/h5-12,15,22H,4,13-14H2,1-3H3,(H,28,32). The van der Waals surface area contributed by atoms with Crippen molar-refractivity contribution in [2.75, 3.05) is 13.2 Å². The summed E-state index contributed by atoms with van der Waals surface area (Å²) in [5.41, 5.74) is 2.80. The molecule has 0 bridgehead atoms. The van der Waals surface area contributed by atoms with Gasteiger partial charge in [-0.2, -0.15) is 4.98 Å². The molecular formula is C25H26ClFN4O3. The maximum absolute atomic E-state index is 13.6. The van der Waals surface area contributed by atoms with Crippen LogP contribution in [0, 0.1) is 5.82 Å². The Hall–Kier alpha value is -3.23. The Morgan fingerprint density at radius 1 is 1.18 bits per heavy atom. The minimum absolute atomic E-state index is 0.120. The fourth-order valence-electron chi connectivity index (χ4n) is 3.82. The van der Waals surface area contributed by atoms with E-state index in [1.807, 2.05) is 20.8 Å². The number of hydrogen-bond acceptors (Lipinski definition) is 5. The number of allylic oxidation sites excluding steroid dienone is 1. The molecule has 0 saturated carbocycles. The smallest absolute Gasteiger partial charge is 0.322 e. The summed E-state index contributed by atoms with van der Waals surface area (Å²) < 4.78 is 24.8. The molecule has 1 N–H and O–H groups in total. The number of carbonyl (C=O) groups excluding carboxylic acids is 1. The molecule has 2 aromatic carbocycles. The van der Waals surface area contributed by atoms with E-state index in [1.165, 1.54) is 12.1 Å². The third kappa shape index (κ3) is 5.29. The maximum Gasteiger partial charge on any atom is 0.322 e. The SMILES string of the molecule is CC1=C(c2nc(-c3ccc(Cl)cc3)no2)C(c2ccc(F)cc2)NC(=O)N1CCCOC(C)C. The minimum atomic E-state index is -0.574. The lowest BCUT2D eigenvalue weighted by atomic mass is 9.94. The first-order chi connectivity index (χ1) is 16.3. The lowest BCUT2D eigenvalue weighted by Gasteiger charge is -2.35.